The Balaban J connectivity index is 2.21. The van der Waals surface area contributed by atoms with Crippen LogP contribution < -0.4 is 5.32 Å². The monoisotopic (exact) mass is 376 g/mol. The lowest BCUT2D eigenvalue weighted by Gasteiger charge is -2.11. The summed E-state index contributed by atoms with van der Waals surface area (Å²) in [5, 5.41) is 3.27. The molecule has 0 saturated heterocycles. The van der Waals surface area contributed by atoms with E-state index in [2.05, 4.69) is 15.3 Å². The molecule has 0 amide bonds. The number of aryl methyl sites for hydroxylation is 1. The van der Waals surface area contributed by atoms with E-state index >= 15 is 0 Å². The van der Waals surface area contributed by atoms with Crippen molar-refractivity contribution in [2.75, 3.05) is 7.05 Å². The molecular formula is C17H17ClN4O2S. The van der Waals surface area contributed by atoms with Gasteiger partial charge in [-0.25, -0.2) is 17.4 Å². The topological polar surface area (TPSA) is 76.9 Å². The van der Waals surface area contributed by atoms with Crippen LogP contribution in [0.2, 0.25) is 5.15 Å². The van der Waals surface area contributed by atoms with Gasteiger partial charge < -0.3 is 5.32 Å². The Hall–Kier alpha value is -2.22. The molecule has 6 nitrogen and oxygen atoms in total. The van der Waals surface area contributed by atoms with Crippen LogP contribution in [0.15, 0.2) is 53.8 Å². The minimum absolute atomic E-state index is 0.117. The van der Waals surface area contributed by atoms with E-state index in [4.69, 9.17) is 11.6 Å². The molecule has 0 spiro atoms. The van der Waals surface area contributed by atoms with Gasteiger partial charge in [-0.3, -0.25) is 4.98 Å². The molecule has 3 aromatic rings. The van der Waals surface area contributed by atoms with Crippen molar-refractivity contribution >= 4 is 21.6 Å². The summed E-state index contributed by atoms with van der Waals surface area (Å²) in [4.78, 5) is 8.25. The first-order valence-corrected chi connectivity index (χ1v) is 9.40. The number of aromatic nitrogens is 3. The molecule has 3 rings (SSSR count). The maximum Gasteiger partial charge on any atom is 0.269 e. The van der Waals surface area contributed by atoms with Gasteiger partial charge in [0.25, 0.3) is 10.0 Å². The Morgan fingerprint density at radius 3 is 2.68 bits per heavy atom. The molecule has 0 atom stereocenters. The first-order chi connectivity index (χ1) is 11.9. The minimum Gasteiger partial charge on any atom is -0.316 e. The molecule has 0 aromatic carbocycles. The van der Waals surface area contributed by atoms with Crippen molar-refractivity contribution in [2.45, 2.75) is 18.4 Å². The summed E-state index contributed by atoms with van der Waals surface area (Å²) in [6, 6.07) is 8.47. The minimum atomic E-state index is -3.81. The fourth-order valence-electron chi connectivity index (χ4n) is 2.49. The summed E-state index contributed by atoms with van der Waals surface area (Å²) in [6.07, 6.45) is 4.51. The third kappa shape index (κ3) is 3.44. The number of hydrogen-bond donors (Lipinski definition) is 1. The molecule has 0 bridgehead atoms. The molecule has 0 fully saturated rings. The normalized spacial score (nSPS) is 11.6. The molecule has 3 heterocycles. The fourth-order valence-corrected chi connectivity index (χ4v) is 4.04. The van der Waals surface area contributed by atoms with Crippen molar-refractivity contribution in [1.82, 2.24) is 19.3 Å². The van der Waals surface area contributed by atoms with Gasteiger partial charge in [0, 0.05) is 36.4 Å². The Labute approximate surface area is 151 Å². The summed E-state index contributed by atoms with van der Waals surface area (Å²) in [6.45, 7) is 2.33. The summed E-state index contributed by atoms with van der Waals surface area (Å²) >= 11 is 6.19. The van der Waals surface area contributed by atoms with Gasteiger partial charge >= 0.3 is 0 Å². The Morgan fingerprint density at radius 2 is 2.04 bits per heavy atom. The molecule has 3 aromatic heterocycles. The van der Waals surface area contributed by atoms with E-state index in [1.807, 2.05) is 0 Å². The van der Waals surface area contributed by atoms with Crippen molar-refractivity contribution in [2.24, 2.45) is 0 Å². The summed E-state index contributed by atoms with van der Waals surface area (Å²) in [5.74, 6) is 0. The number of halogens is 1. The van der Waals surface area contributed by atoms with Gasteiger partial charge in [0.05, 0.1) is 5.69 Å². The lowest BCUT2D eigenvalue weighted by Crippen LogP contribution is -2.14. The zero-order valence-electron chi connectivity index (χ0n) is 13.8. The maximum absolute atomic E-state index is 13.1. The molecule has 0 unspecified atom stereocenters. The molecular weight excluding hydrogens is 360 g/mol. The van der Waals surface area contributed by atoms with Crippen molar-refractivity contribution in [1.29, 1.82) is 0 Å². The van der Waals surface area contributed by atoms with Crippen LogP contribution in [0.25, 0.3) is 11.3 Å². The maximum atomic E-state index is 13.1. The second kappa shape index (κ2) is 6.95. The molecule has 0 aliphatic rings. The standard InChI is InChI=1S/C17H17ClN4O2S/c1-12-5-6-14(10-21-12)25(23,24)22-11-13(9-19-2)8-16(22)15-4-3-7-20-17(15)18/h3-8,10-11,19H,9H2,1-2H3. The van der Waals surface area contributed by atoms with E-state index in [0.717, 1.165) is 11.3 Å². The number of rotatable bonds is 5. The molecule has 0 aliphatic heterocycles. The van der Waals surface area contributed by atoms with Crippen molar-refractivity contribution in [3.8, 4) is 11.3 Å². The number of nitrogens with zero attached hydrogens (tertiary/aromatic N) is 3. The number of hydrogen-bond acceptors (Lipinski definition) is 5. The van der Waals surface area contributed by atoms with Crippen LogP contribution in [0.4, 0.5) is 0 Å². The quantitative estimate of drug-likeness (QED) is 0.693. The van der Waals surface area contributed by atoms with E-state index < -0.39 is 10.0 Å². The molecule has 1 N–H and O–H groups in total. The van der Waals surface area contributed by atoms with Gasteiger partial charge in [0.15, 0.2) is 0 Å². The van der Waals surface area contributed by atoms with E-state index in [-0.39, 0.29) is 10.0 Å². The first kappa shape index (κ1) is 17.6. The smallest absolute Gasteiger partial charge is 0.269 e. The SMILES string of the molecule is CNCc1cc(-c2cccnc2Cl)n(S(=O)(=O)c2ccc(C)nc2)c1. The van der Waals surface area contributed by atoms with Crippen LogP contribution in [-0.4, -0.2) is 29.4 Å². The zero-order chi connectivity index (χ0) is 18.0. The van der Waals surface area contributed by atoms with E-state index in [1.54, 1.807) is 56.7 Å². The van der Waals surface area contributed by atoms with Gasteiger partial charge in [0.1, 0.15) is 10.0 Å². The highest BCUT2D eigenvalue weighted by atomic mass is 35.5. The largest absolute Gasteiger partial charge is 0.316 e. The summed E-state index contributed by atoms with van der Waals surface area (Å²) in [7, 11) is -2.01. The second-order valence-corrected chi connectivity index (χ2v) is 7.71. The number of nitrogens with one attached hydrogen (secondary N) is 1. The van der Waals surface area contributed by atoms with Crippen LogP contribution in [0, 0.1) is 6.92 Å². The average molecular weight is 377 g/mol. The Bertz CT molecular complexity index is 998. The predicted molar refractivity (Wildman–Crippen MR) is 97.0 cm³/mol. The van der Waals surface area contributed by atoms with Gasteiger partial charge in [-0.2, -0.15) is 0 Å². The zero-order valence-corrected chi connectivity index (χ0v) is 15.3. The van der Waals surface area contributed by atoms with Gasteiger partial charge in [-0.05, 0) is 49.9 Å². The van der Waals surface area contributed by atoms with Crippen LogP contribution in [0.1, 0.15) is 11.3 Å². The molecule has 8 heteroatoms. The first-order valence-electron chi connectivity index (χ1n) is 7.58. The molecule has 25 heavy (non-hydrogen) atoms. The second-order valence-electron chi connectivity index (χ2n) is 5.54. The molecule has 130 valence electrons. The molecule has 0 aliphatic carbocycles. The van der Waals surface area contributed by atoms with E-state index in [9.17, 15) is 8.42 Å². The Kier molecular flexibility index (Phi) is 4.89. The number of pyridine rings is 2. The highest BCUT2D eigenvalue weighted by Crippen LogP contribution is 2.30. The van der Waals surface area contributed by atoms with Gasteiger partial charge in [-0.15, -0.1) is 0 Å². The lowest BCUT2D eigenvalue weighted by molar-refractivity contribution is 0.587. The van der Waals surface area contributed by atoms with Gasteiger partial charge in [0.2, 0.25) is 0 Å². The fraction of sp³-hybridized carbons (Fsp3) is 0.176. The molecule has 0 saturated carbocycles. The lowest BCUT2D eigenvalue weighted by atomic mass is 10.2. The molecule has 0 radical (unpaired) electrons. The van der Waals surface area contributed by atoms with Crippen molar-refractivity contribution in [3.63, 3.8) is 0 Å². The summed E-state index contributed by atoms with van der Waals surface area (Å²) < 4.78 is 27.4. The van der Waals surface area contributed by atoms with Crippen LogP contribution in [0.3, 0.4) is 0 Å². The van der Waals surface area contributed by atoms with Crippen molar-refractivity contribution in [3.05, 3.63) is 65.3 Å². The third-order valence-corrected chi connectivity index (χ3v) is 5.66. The summed E-state index contributed by atoms with van der Waals surface area (Å²) in [5.41, 5.74) is 2.58. The third-order valence-electron chi connectivity index (χ3n) is 3.70. The Morgan fingerprint density at radius 1 is 1.24 bits per heavy atom. The van der Waals surface area contributed by atoms with Crippen LogP contribution in [0.5, 0.6) is 0 Å². The highest BCUT2D eigenvalue weighted by molar-refractivity contribution is 7.90. The predicted octanol–water partition coefficient (Wildman–Crippen LogP) is 2.86. The van der Waals surface area contributed by atoms with Crippen molar-refractivity contribution < 1.29 is 8.42 Å². The van der Waals surface area contributed by atoms with E-state index in [0.29, 0.717) is 17.8 Å². The highest BCUT2D eigenvalue weighted by Gasteiger charge is 2.23. The van der Waals surface area contributed by atoms with Crippen LogP contribution >= 0.6 is 11.6 Å². The average Bonchev–Trinajstić information content (AvgIpc) is 3.00. The van der Waals surface area contributed by atoms with Crippen LogP contribution in [-0.2, 0) is 16.6 Å². The van der Waals surface area contributed by atoms with Gasteiger partial charge in [-0.1, -0.05) is 11.6 Å². The van der Waals surface area contributed by atoms with E-state index in [1.165, 1.54) is 10.2 Å².